The molecule has 0 aromatic carbocycles. The molecule has 0 aliphatic carbocycles. The summed E-state index contributed by atoms with van der Waals surface area (Å²) in [5.41, 5.74) is 0. The van der Waals surface area contributed by atoms with Crippen LogP contribution in [0.25, 0.3) is 0 Å². The summed E-state index contributed by atoms with van der Waals surface area (Å²) < 4.78 is 0.361. The molecule has 2 heteroatoms. The van der Waals surface area contributed by atoms with Gasteiger partial charge < -0.3 is 0 Å². The Morgan fingerprint density at radius 1 is 1.50 bits per heavy atom. The minimum absolute atomic E-state index is 0.361. The van der Waals surface area contributed by atoms with Crippen LogP contribution in [-0.2, 0) is 0 Å². The van der Waals surface area contributed by atoms with Crippen LogP contribution >= 0.6 is 11.8 Å². The molecule has 0 N–H and O–H groups in total. The van der Waals surface area contributed by atoms with Crippen LogP contribution in [0.5, 0.6) is 0 Å². The first-order chi connectivity index (χ1) is 4.51. The molecule has 1 rings (SSSR count). The zero-order valence-electron chi connectivity index (χ0n) is 7.14. The molecule has 1 aliphatic heterocycles. The van der Waals surface area contributed by atoms with Crippen molar-refractivity contribution in [1.29, 1.82) is 0 Å². The molecule has 0 radical (unpaired) electrons. The van der Waals surface area contributed by atoms with Crippen molar-refractivity contribution in [2.24, 2.45) is 10.9 Å². The van der Waals surface area contributed by atoms with Gasteiger partial charge in [-0.25, -0.2) is 0 Å². The lowest BCUT2D eigenvalue weighted by Gasteiger charge is -2.14. The fourth-order valence-corrected chi connectivity index (χ4v) is 1.98. The van der Waals surface area contributed by atoms with Gasteiger partial charge in [-0.15, -0.1) is 11.8 Å². The highest BCUT2D eigenvalue weighted by atomic mass is 32.2. The van der Waals surface area contributed by atoms with Crippen molar-refractivity contribution in [1.82, 2.24) is 0 Å². The van der Waals surface area contributed by atoms with Gasteiger partial charge in [-0.1, -0.05) is 13.8 Å². The molecule has 1 aliphatic rings. The smallest absolute Gasteiger partial charge is 0.0707 e. The minimum Gasteiger partial charge on any atom is -0.281 e. The van der Waals surface area contributed by atoms with Crippen LogP contribution < -0.4 is 0 Å². The number of hydrogen-bond acceptors (Lipinski definition) is 2. The van der Waals surface area contributed by atoms with Crippen molar-refractivity contribution in [3.63, 3.8) is 0 Å². The monoisotopic (exact) mass is 157 g/mol. The zero-order chi connectivity index (χ0) is 7.78. The van der Waals surface area contributed by atoms with Crippen LogP contribution in [0.1, 0.15) is 27.7 Å². The fourth-order valence-electron chi connectivity index (χ4n) is 0.916. The normalized spacial score (nSPS) is 23.5. The third-order valence-corrected chi connectivity index (χ3v) is 2.98. The largest absolute Gasteiger partial charge is 0.281 e. The summed E-state index contributed by atoms with van der Waals surface area (Å²) in [6, 6.07) is 0. The van der Waals surface area contributed by atoms with Crippen LogP contribution in [-0.4, -0.2) is 16.3 Å². The minimum atomic E-state index is 0.361. The van der Waals surface area contributed by atoms with Gasteiger partial charge in [-0.05, 0) is 13.8 Å². The van der Waals surface area contributed by atoms with E-state index in [-0.39, 0.29) is 0 Å². The number of aliphatic imine (C=N–C) groups is 1. The molecule has 0 aromatic heterocycles. The van der Waals surface area contributed by atoms with Gasteiger partial charge in [-0.3, -0.25) is 4.99 Å². The van der Waals surface area contributed by atoms with E-state index in [2.05, 4.69) is 32.7 Å². The van der Waals surface area contributed by atoms with E-state index in [4.69, 9.17) is 0 Å². The molecule has 0 bridgehead atoms. The van der Waals surface area contributed by atoms with E-state index >= 15 is 0 Å². The summed E-state index contributed by atoms with van der Waals surface area (Å²) in [5.74, 6) is 0.617. The topological polar surface area (TPSA) is 12.4 Å². The van der Waals surface area contributed by atoms with E-state index in [1.807, 2.05) is 11.8 Å². The maximum atomic E-state index is 4.47. The van der Waals surface area contributed by atoms with E-state index in [9.17, 15) is 0 Å². The van der Waals surface area contributed by atoms with E-state index < -0.39 is 0 Å². The number of thioether (sulfide) groups is 1. The third kappa shape index (κ3) is 1.75. The second-order valence-electron chi connectivity index (χ2n) is 3.67. The Balaban J connectivity index is 2.55. The Kier molecular flexibility index (Phi) is 2.09. The number of rotatable bonds is 1. The first-order valence-electron chi connectivity index (χ1n) is 3.75. The second-order valence-corrected chi connectivity index (χ2v) is 5.40. The molecule has 0 aromatic rings. The van der Waals surface area contributed by atoms with Crippen LogP contribution in [0.15, 0.2) is 4.99 Å². The Labute approximate surface area is 67.3 Å². The van der Waals surface area contributed by atoms with Gasteiger partial charge in [0.15, 0.2) is 0 Å². The van der Waals surface area contributed by atoms with Crippen molar-refractivity contribution >= 4 is 16.8 Å². The Hall–Kier alpha value is 0.0200. The van der Waals surface area contributed by atoms with Crippen molar-refractivity contribution in [2.75, 3.05) is 6.54 Å². The summed E-state index contributed by atoms with van der Waals surface area (Å²) >= 11 is 1.93. The molecule has 0 unspecified atom stereocenters. The van der Waals surface area contributed by atoms with E-state index in [0.29, 0.717) is 10.7 Å². The predicted octanol–water partition coefficient (Wildman–Crippen LogP) is 2.57. The SMILES string of the molecule is CC(C)C1=NCC(C)(C)S1. The summed E-state index contributed by atoms with van der Waals surface area (Å²) in [6.45, 7) is 9.89. The summed E-state index contributed by atoms with van der Waals surface area (Å²) in [6.07, 6.45) is 0. The lowest BCUT2D eigenvalue weighted by molar-refractivity contribution is 0.739. The van der Waals surface area contributed by atoms with E-state index in [0.717, 1.165) is 6.54 Å². The lowest BCUT2D eigenvalue weighted by atomic mass is 10.2. The van der Waals surface area contributed by atoms with Crippen molar-refractivity contribution in [2.45, 2.75) is 32.4 Å². The highest BCUT2D eigenvalue weighted by Crippen LogP contribution is 2.34. The van der Waals surface area contributed by atoms with Gasteiger partial charge in [0.25, 0.3) is 0 Å². The molecule has 10 heavy (non-hydrogen) atoms. The standard InChI is InChI=1S/C8H15NS/c1-6(2)7-9-5-8(3,4)10-7/h6H,5H2,1-4H3. The molecule has 0 saturated carbocycles. The Morgan fingerprint density at radius 3 is 2.30 bits per heavy atom. The second kappa shape index (κ2) is 2.57. The van der Waals surface area contributed by atoms with Crippen molar-refractivity contribution < 1.29 is 0 Å². The zero-order valence-corrected chi connectivity index (χ0v) is 7.96. The van der Waals surface area contributed by atoms with Crippen LogP contribution in [0.4, 0.5) is 0 Å². The van der Waals surface area contributed by atoms with Crippen LogP contribution in [0.3, 0.4) is 0 Å². The van der Waals surface area contributed by atoms with Crippen LogP contribution in [0.2, 0.25) is 0 Å². The lowest BCUT2D eigenvalue weighted by Crippen LogP contribution is -2.15. The molecular weight excluding hydrogens is 142 g/mol. The molecule has 0 amide bonds. The maximum Gasteiger partial charge on any atom is 0.0707 e. The summed E-state index contributed by atoms with van der Waals surface area (Å²) in [4.78, 5) is 4.47. The molecule has 0 saturated heterocycles. The molecule has 58 valence electrons. The fraction of sp³-hybridized carbons (Fsp3) is 0.875. The van der Waals surface area contributed by atoms with Gasteiger partial charge in [-0.2, -0.15) is 0 Å². The maximum absolute atomic E-state index is 4.47. The summed E-state index contributed by atoms with van der Waals surface area (Å²) in [7, 11) is 0. The van der Waals surface area contributed by atoms with Crippen molar-refractivity contribution in [3.8, 4) is 0 Å². The summed E-state index contributed by atoms with van der Waals surface area (Å²) in [5, 5.41) is 1.32. The van der Waals surface area contributed by atoms with Crippen LogP contribution in [0, 0.1) is 5.92 Å². The third-order valence-electron chi connectivity index (χ3n) is 1.49. The van der Waals surface area contributed by atoms with E-state index in [1.165, 1.54) is 5.04 Å². The highest BCUT2D eigenvalue weighted by Gasteiger charge is 2.27. The molecule has 1 heterocycles. The molecule has 0 spiro atoms. The van der Waals surface area contributed by atoms with Gasteiger partial charge in [0.1, 0.15) is 0 Å². The molecule has 0 fully saturated rings. The molecule has 1 nitrogen and oxygen atoms in total. The average Bonchev–Trinajstić information content (AvgIpc) is 2.10. The quantitative estimate of drug-likeness (QED) is 0.570. The van der Waals surface area contributed by atoms with Gasteiger partial charge in [0.2, 0.25) is 0 Å². The highest BCUT2D eigenvalue weighted by molar-refractivity contribution is 8.15. The molecule has 0 atom stereocenters. The van der Waals surface area contributed by atoms with Gasteiger partial charge in [0.05, 0.1) is 11.6 Å². The van der Waals surface area contributed by atoms with Gasteiger partial charge >= 0.3 is 0 Å². The number of nitrogens with zero attached hydrogens (tertiary/aromatic N) is 1. The Bertz CT molecular complexity index is 159. The predicted molar refractivity (Wildman–Crippen MR) is 48.8 cm³/mol. The number of hydrogen-bond donors (Lipinski definition) is 0. The van der Waals surface area contributed by atoms with Crippen molar-refractivity contribution in [3.05, 3.63) is 0 Å². The van der Waals surface area contributed by atoms with Gasteiger partial charge in [0, 0.05) is 10.7 Å². The first-order valence-corrected chi connectivity index (χ1v) is 4.56. The first kappa shape index (κ1) is 8.12. The average molecular weight is 157 g/mol. The van der Waals surface area contributed by atoms with E-state index in [1.54, 1.807) is 0 Å². The molecular formula is C8H15NS. The Morgan fingerprint density at radius 2 is 2.10 bits per heavy atom.